The second-order valence-corrected chi connectivity index (χ2v) is 10.1. The molecule has 2 heterocycles. The molecule has 0 spiro atoms. The van der Waals surface area contributed by atoms with Crippen LogP contribution >= 0.6 is 0 Å². The molecule has 1 unspecified atom stereocenters. The molecule has 0 aliphatic rings. The first-order valence-corrected chi connectivity index (χ1v) is 13.4. The lowest BCUT2D eigenvalue weighted by Gasteiger charge is -2.23. The lowest BCUT2D eigenvalue weighted by atomic mass is 10.1. The van der Waals surface area contributed by atoms with Crippen LogP contribution in [0.25, 0.3) is 10.9 Å². The van der Waals surface area contributed by atoms with E-state index in [0.717, 1.165) is 19.5 Å². The normalized spacial score (nSPS) is 12.2. The number of aliphatic hydroxyl groups is 1. The molecule has 1 amide bonds. The molecule has 4 N–H and O–H groups in total. The van der Waals surface area contributed by atoms with Gasteiger partial charge in [-0.25, -0.2) is 14.4 Å². The van der Waals surface area contributed by atoms with Gasteiger partial charge in [0, 0.05) is 37.3 Å². The molecule has 0 aliphatic heterocycles. The van der Waals surface area contributed by atoms with E-state index in [1.54, 1.807) is 31.5 Å². The lowest BCUT2D eigenvalue weighted by Crippen LogP contribution is -2.32. The molecule has 2 aromatic carbocycles. The van der Waals surface area contributed by atoms with E-state index in [4.69, 9.17) is 15.2 Å². The van der Waals surface area contributed by atoms with E-state index in [2.05, 4.69) is 39.1 Å². The third-order valence-corrected chi connectivity index (χ3v) is 6.40. The fraction of sp³-hybridized carbons (Fsp3) is 0.379. The number of nitrogens with two attached hydrogens (primary N) is 1. The van der Waals surface area contributed by atoms with Gasteiger partial charge in [-0.15, -0.1) is 0 Å². The predicted octanol–water partition coefficient (Wildman–Crippen LogP) is 3.51. The Kier molecular flexibility index (Phi) is 10.0. The van der Waals surface area contributed by atoms with Crippen molar-refractivity contribution in [1.82, 2.24) is 24.6 Å². The highest BCUT2D eigenvalue weighted by Crippen LogP contribution is 2.35. The highest BCUT2D eigenvalue weighted by atomic mass is 19.1. The Hall–Kier alpha value is -4.29. The number of carbonyl (C=O) groups is 1. The van der Waals surface area contributed by atoms with Gasteiger partial charge >= 0.3 is 0 Å². The van der Waals surface area contributed by atoms with Crippen LogP contribution < -0.4 is 20.5 Å². The molecule has 4 rings (SSSR count). The molecule has 0 saturated carbocycles. The maximum atomic E-state index is 13.8. The second-order valence-electron chi connectivity index (χ2n) is 10.1. The lowest BCUT2D eigenvalue weighted by molar-refractivity contribution is -0.120. The van der Waals surface area contributed by atoms with Crippen molar-refractivity contribution in [2.24, 2.45) is 11.7 Å². The number of aliphatic hydroxyl groups excluding tert-OH is 1. The number of hydrogen-bond donors (Lipinski definition) is 3. The molecule has 0 fully saturated rings. The summed E-state index contributed by atoms with van der Waals surface area (Å²) >= 11 is 0. The van der Waals surface area contributed by atoms with E-state index in [9.17, 15) is 14.3 Å². The smallest absolute Gasteiger partial charge is 0.246 e. The van der Waals surface area contributed by atoms with Crippen molar-refractivity contribution < 1.29 is 23.8 Å². The van der Waals surface area contributed by atoms with Crippen LogP contribution in [0.1, 0.15) is 31.9 Å². The van der Waals surface area contributed by atoms with Crippen LogP contribution in [0.2, 0.25) is 0 Å². The fourth-order valence-corrected chi connectivity index (χ4v) is 4.66. The molecule has 2 aromatic heterocycles. The van der Waals surface area contributed by atoms with Gasteiger partial charge in [0.25, 0.3) is 0 Å². The number of ether oxygens (including phenoxy) is 2. The summed E-state index contributed by atoms with van der Waals surface area (Å²) in [6.45, 7) is 7.28. The Bertz CT molecular complexity index is 1460. The Labute approximate surface area is 238 Å². The highest BCUT2D eigenvalue weighted by molar-refractivity contribution is 5.93. The molecule has 0 saturated heterocycles. The topological polar surface area (TPSA) is 141 Å². The SMILES string of the molecule is COc1cc2c(Nc3cnn(C(C(N)=O)c4cccc(F)c4)c3)ncnc2cc1OCCCN(CCO)CC(C)C. The molecular weight excluding hydrogens is 529 g/mol. The molecule has 4 aromatic rings. The quantitative estimate of drug-likeness (QED) is 0.185. The van der Waals surface area contributed by atoms with Crippen molar-refractivity contribution in [2.75, 3.05) is 45.3 Å². The number of benzene rings is 2. The molecule has 0 radical (unpaired) electrons. The van der Waals surface area contributed by atoms with Crippen LogP contribution in [-0.2, 0) is 4.79 Å². The first-order valence-electron chi connectivity index (χ1n) is 13.4. The van der Waals surface area contributed by atoms with Gasteiger partial charge in [-0.1, -0.05) is 26.0 Å². The number of nitrogens with one attached hydrogen (secondary N) is 1. The average molecular weight is 566 g/mol. The molecule has 41 heavy (non-hydrogen) atoms. The molecule has 1 atom stereocenters. The van der Waals surface area contributed by atoms with Crippen molar-refractivity contribution in [3.05, 3.63) is 66.5 Å². The Morgan fingerprint density at radius 3 is 2.73 bits per heavy atom. The zero-order valence-electron chi connectivity index (χ0n) is 23.5. The van der Waals surface area contributed by atoms with Crippen LogP contribution in [-0.4, -0.2) is 75.6 Å². The molecule has 0 aliphatic carbocycles. The van der Waals surface area contributed by atoms with Crippen molar-refractivity contribution in [2.45, 2.75) is 26.3 Å². The summed E-state index contributed by atoms with van der Waals surface area (Å²) in [6.07, 6.45) is 5.35. The number of aromatic nitrogens is 4. The zero-order valence-corrected chi connectivity index (χ0v) is 23.5. The van der Waals surface area contributed by atoms with Crippen LogP contribution in [0.5, 0.6) is 11.5 Å². The predicted molar refractivity (Wildman–Crippen MR) is 154 cm³/mol. The molecular formula is C29H36FN7O4. The van der Waals surface area contributed by atoms with Crippen LogP contribution in [0, 0.1) is 11.7 Å². The number of hydrogen-bond acceptors (Lipinski definition) is 9. The molecule has 12 heteroatoms. The van der Waals surface area contributed by atoms with E-state index in [0.29, 0.717) is 58.5 Å². The van der Waals surface area contributed by atoms with Gasteiger partial charge in [-0.05, 0) is 36.1 Å². The minimum Gasteiger partial charge on any atom is -0.493 e. The van der Waals surface area contributed by atoms with Crippen molar-refractivity contribution in [3.63, 3.8) is 0 Å². The van der Waals surface area contributed by atoms with Gasteiger partial charge in [0.05, 0.1) is 37.7 Å². The second kappa shape index (κ2) is 13.9. The van der Waals surface area contributed by atoms with Crippen LogP contribution in [0.15, 0.2) is 55.1 Å². The van der Waals surface area contributed by atoms with Gasteiger partial charge in [-0.2, -0.15) is 5.10 Å². The number of fused-ring (bicyclic) bond motifs is 1. The number of nitrogens with zero attached hydrogens (tertiary/aromatic N) is 5. The van der Waals surface area contributed by atoms with Crippen molar-refractivity contribution >= 4 is 28.3 Å². The maximum absolute atomic E-state index is 13.8. The summed E-state index contributed by atoms with van der Waals surface area (Å²) in [5.41, 5.74) is 7.19. The van der Waals surface area contributed by atoms with Gasteiger partial charge < -0.3 is 30.5 Å². The third-order valence-electron chi connectivity index (χ3n) is 6.40. The van der Waals surface area contributed by atoms with E-state index < -0.39 is 17.8 Å². The summed E-state index contributed by atoms with van der Waals surface area (Å²) in [4.78, 5) is 23.2. The number of methoxy groups -OCH3 is 1. The number of rotatable bonds is 15. The number of halogens is 1. The van der Waals surface area contributed by atoms with Gasteiger partial charge in [0.2, 0.25) is 5.91 Å². The molecule has 11 nitrogen and oxygen atoms in total. The number of anilines is 2. The van der Waals surface area contributed by atoms with Crippen molar-refractivity contribution in [1.29, 1.82) is 0 Å². The Morgan fingerprint density at radius 2 is 2.02 bits per heavy atom. The monoisotopic (exact) mass is 565 g/mol. The largest absolute Gasteiger partial charge is 0.493 e. The maximum Gasteiger partial charge on any atom is 0.246 e. The van der Waals surface area contributed by atoms with Crippen LogP contribution in [0.4, 0.5) is 15.9 Å². The Morgan fingerprint density at radius 1 is 1.20 bits per heavy atom. The Balaban J connectivity index is 1.50. The van der Waals surface area contributed by atoms with E-state index >= 15 is 0 Å². The van der Waals surface area contributed by atoms with Gasteiger partial charge in [0.1, 0.15) is 18.0 Å². The molecule has 0 bridgehead atoms. The first-order chi connectivity index (χ1) is 19.8. The standard InChI is InChI=1S/C29H36FN7O4/c1-19(2)16-36(9-10-38)8-5-11-41-26-14-24-23(13-25(26)40-3)29(33-18-32-24)35-22-15-34-37(17-22)27(28(31)39)20-6-4-7-21(30)12-20/h4,6-7,12-15,17-19,27,38H,5,8-11,16H2,1-3H3,(H2,31,39)(H,32,33,35). The van der Waals surface area contributed by atoms with Crippen LogP contribution in [0.3, 0.4) is 0 Å². The number of primary amides is 1. The fourth-order valence-electron chi connectivity index (χ4n) is 4.66. The zero-order chi connectivity index (χ0) is 29.4. The summed E-state index contributed by atoms with van der Waals surface area (Å²) in [7, 11) is 1.57. The first kappa shape index (κ1) is 29.7. The van der Waals surface area contributed by atoms with E-state index in [-0.39, 0.29) is 6.61 Å². The summed E-state index contributed by atoms with van der Waals surface area (Å²) in [6, 6.07) is 8.30. The molecule has 218 valence electrons. The van der Waals surface area contributed by atoms with E-state index in [1.807, 2.05) is 0 Å². The minimum atomic E-state index is -0.982. The summed E-state index contributed by atoms with van der Waals surface area (Å²) in [5, 5.41) is 17.5. The number of amides is 1. The third kappa shape index (κ3) is 7.68. The number of carbonyl (C=O) groups excluding carboxylic acids is 1. The average Bonchev–Trinajstić information content (AvgIpc) is 3.38. The minimum absolute atomic E-state index is 0.127. The van der Waals surface area contributed by atoms with E-state index in [1.165, 1.54) is 35.4 Å². The highest BCUT2D eigenvalue weighted by Gasteiger charge is 2.22. The summed E-state index contributed by atoms with van der Waals surface area (Å²) in [5.74, 6) is 0.955. The van der Waals surface area contributed by atoms with Crippen molar-refractivity contribution in [3.8, 4) is 11.5 Å². The summed E-state index contributed by atoms with van der Waals surface area (Å²) < 4.78 is 26.8. The van der Waals surface area contributed by atoms with Gasteiger partial charge in [-0.3, -0.25) is 9.48 Å². The van der Waals surface area contributed by atoms with Gasteiger partial charge in [0.15, 0.2) is 17.5 Å².